The van der Waals surface area contributed by atoms with Crippen LogP contribution in [0, 0.1) is 5.92 Å². The van der Waals surface area contributed by atoms with Crippen molar-refractivity contribution in [3.05, 3.63) is 64.4 Å². The number of amides is 2. The van der Waals surface area contributed by atoms with Gasteiger partial charge in [0.1, 0.15) is 6.61 Å². The molecule has 0 saturated carbocycles. The molecule has 7 heteroatoms. The number of fused-ring (bicyclic) bond motifs is 3. The van der Waals surface area contributed by atoms with Gasteiger partial charge in [0.15, 0.2) is 0 Å². The number of ether oxygens (including phenoxy) is 1. The molecule has 0 bridgehead atoms. The highest BCUT2D eigenvalue weighted by Crippen LogP contribution is 2.51. The molecule has 0 radical (unpaired) electrons. The van der Waals surface area contributed by atoms with Gasteiger partial charge in [0.05, 0.1) is 12.1 Å². The van der Waals surface area contributed by atoms with E-state index in [1.165, 1.54) is 12.0 Å². The lowest BCUT2D eigenvalue weighted by atomic mass is 9.80. The number of nitrogens with zero attached hydrogens (tertiary/aromatic N) is 2. The molecule has 3 aliphatic heterocycles. The first-order chi connectivity index (χ1) is 15.7. The van der Waals surface area contributed by atoms with Crippen molar-refractivity contribution in [3.63, 3.8) is 0 Å². The molecule has 3 aliphatic rings. The number of anilines is 1. The number of hydrogen-bond donors (Lipinski definition) is 1. The Morgan fingerprint density at radius 2 is 2.03 bits per heavy atom. The first-order valence-corrected chi connectivity index (χ1v) is 12.4. The second kappa shape index (κ2) is 8.98. The maximum atomic E-state index is 13.2. The third kappa shape index (κ3) is 3.79. The van der Waals surface area contributed by atoms with E-state index in [9.17, 15) is 9.59 Å². The van der Waals surface area contributed by atoms with E-state index < -0.39 is 0 Å². The molecule has 6 nitrogen and oxygen atoms in total. The van der Waals surface area contributed by atoms with Crippen LogP contribution in [-0.2, 0) is 4.74 Å². The molecule has 3 atom stereocenters. The highest BCUT2D eigenvalue weighted by Gasteiger charge is 2.47. The predicted molar refractivity (Wildman–Crippen MR) is 126 cm³/mol. The monoisotopic (exact) mass is 451 g/mol. The van der Waals surface area contributed by atoms with E-state index >= 15 is 0 Å². The van der Waals surface area contributed by atoms with E-state index in [4.69, 9.17) is 4.74 Å². The van der Waals surface area contributed by atoms with Crippen LogP contribution in [0.1, 0.15) is 59.3 Å². The zero-order chi connectivity index (χ0) is 22.1. The van der Waals surface area contributed by atoms with Gasteiger partial charge in [-0.2, -0.15) is 11.3 Å². The fourth-order valence-corrected chi connectivity index (χ4v) is 6.09. The normalized spacial score (nSPS) is 24.3. The van der Waals surface area contributed by atoms with Gasteiger partial charge >= 0.3 is 6.09 Å². The Kier molecular flexibility index (Phi) is 5.91. The molecule has 1 N–H and O–H groups in total. The van der Waals surface area contributed by atoms with Crippen LogP contribution in [0.25, 0.3) is 0 Å². The van der Waals surface area contributed by atoms with Crippen molar-refractivity contribution in [1.29, 1.82) is 0 Å². The Labute approximate surface area is 192 Å². The average Bonchev–Trinajstić information content (AvgIpc) is 3.52. The van der Waals surface area contributed by atoms with Gasteiger partial charge in [-0.05, 0) is 71.8 Å². The molecule has 0 spiro atoms. The summed E-state index contributed by atoms with van der Waals surface area (Å²) >= 11 is 1.68. The average molecular weight is 452 g/mol. The fourth-order valence-electron chi connectivity index (χ4n) is 5.39. The predicted octanol–water partition coefficient (Wildman–Crippen LogP) is 5.23. The van der Waals surface area contributed by atoms with Crippen LogP contribution in [0.15, 0.2) is 47.7 Å². The molecule has 32 heavy (non-hydrogen) atoms. The second-order valence-electron chi connectivity index (χ2n) is 8.79. The van der Waals surface area contributed by atoms with Crippen LogP contribution in [0.4, 0.5) is 10.5 Å². The summed E-state index contributed by atoms with van der Waals surface area (Å²) in [6, 6.07) is 8.08. The van der Waals surface area contributed by atoms with E-state index in [1.807, 2.05) is 28.0 Å². The molecule has 1 unspecified atom stereocenters. The fraction of sp³-hybridized carbons (Fsp3) is 0.440. The summed E-state index contributed by atoms with van der Waals surface area (Å²) in [7, 11) is 0. The number of rotatable bonds is 4. The molecule has 168 valence electrons. The van der Waals surface area contributed by atoms with Gasteiger partial charge in [-0.25, -0.2) is 4.79 Å². The van der Waals surface area contributed by atoms with Gasteiger partial charge < -0.3 is 19.9 Å². The van der Waals surface area contributed by atoms with Gasteiger partial charge in [0.2, 0.25) is 0 Å². The van der Waals surface area contributed by atoms with E-state index in [1.54, 1.807) is 17.4 Å². The Balaban J connectivity index is 1.51. The van der Waals surface area contributed by atoms with Gasteiger partial charge in [-0.15, -0.1) is 0 Å². The maximum Gasteiger partial charge on any atom is 0.410 e. The third-order valence-corrected chi connectivity index (χ3v) is 7.61. The minimum atomic E-state index is -0.318. The zero-order valence-corrected chi connectivity index (χ0v) is 19.0. The van der Waals surface area contributed by atoms with Crippen molar-refractivity contribution in [3.8, 4) is 0 Å². The molecular formula is C25H29N3O3S. The molecule has 2 saturated heterocycles. The lowest BCUT2D eigenvalue weighted by Gasteiger charge is -2.39. The topological polar surface area (TPSA) is 61.9 Å². The summed E-state index contributed by atoms with van der Waals surface area (Å²) in [5, 5.41) is 7.97. The minimum Gasteiger partial charge on any atom is -0.445 e. The lowest BCUT2D eigenvalue weighted by molar-refractivity contribution is 0.0724. The van der Waals surface area contributed by atoms with Gasteiger partial charge in [0.25, 0.3) is 5.91 Å². The summed E-state index contributed by atoms with van der Waals surface area (Å²) in [5.74, 6) is 0.302. The number of benzene rings is 1. The van der Waals surface area contributed by atoms with Gasteiger partial charge in [-0.3, -0.25) is 4.79 Å². The number of nitrogens with one attached hydrogen (secondary N) is 1. The van der Waals surface area contributed by atoms with Gasteiger partial charge in [0, 0.05) is 36.8 Å². The molecule has 4 heterocycles. The Hall–Kier alpha value is -2.80. The first kappa shape index (κ1) is 21.1. The number of piperidine rings is 1. The van der Waals surface area contributed by atoms with E-state index in [-0.39, 0.29) is 36.6 Å². The number of carbonyl (C=O) groups excluding carboxylic acids is 2. The van der Waals surface area contributed by atoms with Crippen molar-refractivity contribution in [2.75, 3.05) is 31.6 Å². The SMILES string of the molecule is C=CCOC(=O)N1CC[C@H]2C(c3ccsc3)Nc3ccc(C(=O)N4CCCCC4)cc3[C@H]21. The number of hydrogen-bond acceptors (Lipinski definition) is 5. The maximum absolute atomic E-state index is 13.2. The highest BCUT2D eigenvalue weighted by atomic mass is 32.1. The summed E-state index contributed by atoms with van der Waals surface area (Å²) in [4.78, 5) is 29.9. The number of carbonyl (C=O) groups is 2. The number of thiophene rings is 1. The Bertz CT molecular complexity index is 1000. The number of likely N-dealkylation sites (tertiary alicyclic amines) is 2. The molecule has 1 aromatic carbocycles. The highest BCUT2D eigenvalue weighted by molar-refractivity contribution is 7.08. The minimum absolute atomic E-state index is 0.0859. The van der Waals surface area contributed by atoms with Crippen molar-refractivity contribution in [2.45, 2.75) is 37.8 Å². The Morgan fingerprint density at radius 1 is 1.19 bits per heavy atom. The summed E-state index contributed by atoms with van der Waals surface area (Å²) in [5.41, 5.74) is 3.94. The summed E-state index contributed by atoms with van der Waals surface area (Å²) in [6.07, 6.45) is 5.47. The van der Waals surface area contributed by atoms with Crippen molar-refractivity contribution < 1.29 is 14.3 Å². The van der Waals surface area contributed by atoms with E-state index in [0.717, 1.165) is 43.6 Å². The summed E-state index contributed by atoms with van der Waals surface area (Å²) < 4.78 is 5.41. The van der Waals surface area contributed by atoms with Gasteiger partial charge in [-0.1, -0.05) is 12.7 Å². The van der Waals surface area contributed by atoms with Crippen LogP contribution in [0.5, 0.6) is 0 Å². The van der Waals surface area contributed by atoms with E-state index in [0.29, 0.717) is 12.1 Å². The molecule has 2 amide bonds. The second-order valence-corrected chi connectivity index (χ2v) is 9.57. The largest absolute Gasteiger partial charge is 0.445 e. The van der Waals surface area contributed by atoms with Crippen molar-refractivity contribution in [2.24, 2.45) is 5.92 Å². The quantitative estimate of drug-likeness (QED) is 0.647. The smallest absolute Gasteiger partial charge is 0.410 e. The van der Waals surface area contributed by atoms with Crippen LogP contribution in [-0.4, -0.2) is 48.0 Å². The lowest BCUT2D eigenvalue weighted by Crippen LogP contribution is -2.38. The van der Waals surface area contributed by atoms with Crippen LogP contribution < -0.4 is 5.32 Å². The van der Waals surface area contributed by atoms with Crippen LogP contribution in [0.3, 0.4) is 0 Å². The van der Waals surface area contributed by atoms with Crippen molar-refractivity contribution >= 4 is 29.0 Å². The van der Waals surface area contributed by atoms with Crippen molar-refractivity contribution in [1.82, 2.24) is 9.80 Å². The molecule has 2 aromatic rings. The molecule has 0 aliphatic carbocycles. The molecule has 2 fully saturated rings. The molecule has 5 rings (SSSR count). The first-order valence-electron chi connectivity index (χ1n) is 11.4. The Morgan fingerprint density at radius 3 is 2.78 bits per heavy atom. The molecule has 1 aromatic heterocycles. The third-order valence-electron chi connectivity index (χ3n) is 6.91. The van der Waals surface area contributed by atoms with Crippen LogP contribution >= 0.6 is 11.3 Å². The van der Waals surface area contributed by atoms with E-state index in [2.05, 4.69) is 28.7 Å². The molecular weight excluding hydrogens is 422 g/mol. The standard InChI is InChI=1S/C25H29N3O3S/c1-2-13-31-25(30)28-12-8-19-22(18-9-14-32-16-18)26-21-7-6-17(15-20(21)23(19)28)24(29)27-10-4-3-5-11-27/h2,6-7,9,14-16,19,22-23,26H,1,3-5,8,10-13H2/t19-,22?,23-/m0/s1. The zero-order valence-electron chi connectivity index (χ0n) is 18.2. The van der Waals surface area contributed by atoms with Crippen LogP contribution in [0.2, 0.25) is 0 Å². The summed E-state index contributed by atoms with van der Waals surface area (Å²) in [6.45, 7) is 6.12.